The number of hydrogen-bond acceptors (Lipinski definition) is 3. The highest BCUT2D eigenvalue weighted by atomic mass is 79.9. The van der Waals surface area contributed by atoms with E-state index in [-0.39, 0.29) is 11.6 Å². The standard InChI is InChI=1S/C14H24BrN3/c1-5-18(6-2)14(3,4)13(16)9-12-8-7-11(15)10-17-12/h7-8,10,13H,5-6,9,16H2,1-4H3. The van der Waals surface area contributed by atoms with Crippen molar-refractivity contribution in [2.24, 2.45) is 5.73 Å². The summed E-state index contributed by atoms with van der Waals surface area (Å²) in [5, 5.41) is 0. The number of nitrogens with zero attached hydrogens (tertiary/aromatic N) is 2. The molecule has 1 aromatic heterocycles. The molecule has 4 heteroatoms. The molecule has 0 bridgehead atoms. The summed E-state index contributed by atoms with van der Waals surface area (Å²) in [4.78, 5) is 6.80. The summed E-state index contributed by atoms with van der Waals surface area (Å²) in [5.41, 5.74) is 7.41. The van der Waals surface area contributed by atoms with Crippen molar-refractivity contribution in [2.75, 3.05) is 13.1 Å². The van der Waals surface area contributed by atoms with Gasteiger partial charge in [-0.3, -0.25) is 9.88 Å². The average Bonchev–Trinajstić information content (AvgIpc) is 2.33. The number of hydrogen-bond donors (Lipinski definition) is 1. The normalized spacial score (nSPS) is 13.9. The van der Waals surface area contributed by atoms with Crippen LogP contribution < -0.4 is 5.73 Å². The maximum Gasteiger partial charge on any atom is 0.0420 e. The van der Waals surface area contributed by atoms with Crippen LogP contribution in [0.1, 0.15) is 33.4 Å². The highest BCUT2D eigenvalue weighted by Gasteiger charge is 2.31. The summed E-state index contributed by atoms with van der Waals surface area (Å²) in [6.45, 7) is 10.8. The maximum atomic E-state index is 6.38. The Kier molecular flexibility index (Phi) is 5.76. The van der Waals surface area contributed by atoms with Gasteiger partial charge >= 0.3 is 0 Å². The van der Waals surface area contributed by atoms with Crippen LogP contribution in [0, 0.1) is 0 Å². The summed E-state index contributed by atoms with van der Waals surface area (Å²) >= 11 is 3.39. The van der Waals surface area contributed by atoms with E-state index >= 15 is 0 Å². The van der Waals surface area contributed by atoms with Gasteiger partial charge in [0.15, 0.2) is 0 Å². The second kappa shape index (κ2) is 6.64. The molecule has 0 saturated heterocycles. The average molecular weight is 314 g/mol. The molecule has 0 aliphatic carbocycles. The lowest BCUT2D eigenvalue weighted by atomic mass is 9.89. The van der Waals surface area contributed by atoms with Crippen molar-refractivity contribution in [3.63, 3.8) is 0 Å². The predicted molar refractivity (Wildman–Crippen MR) is 80.6 cm³/mol. The quantitative estimate of drug-likeness (QED) is 0.878. The highest BCUT2D eigenvalue weighted by Crippen LogP contribution is 2.20. The Balaban J connectivity index is 2.74. The zero-order valence-corrected chi connectivity index (χ0v) is 13.4. The first-order chi connectivity index (χ1) is 8.41. The van der Waals surface area contributed by atoms with Gasteiger partial charge in [0, 0.05) is 34.4 Å². The van der Waals surface area contributed by atoms with Gasteiger partial charge in [0.25, 0.3) is 0 Å². The molecule has 2 N–H and O–H groups in total. The third-order valence-corrected chi connectivity index (χ3v) is 4.17. The van der Waals surface area contributed by atoms with Crippen molar-refractivity contribution in [1.82, 2.24) is 9.88 Å². The number of likely N-dealkylation sites (N-methyl/N-ethyl adjacent to an activating group) is 1. The number of halogens is 1. The van der Waals surface area contributed by atoms with Crippen LogP contribution in [0.15, 0.2) is 22.8 Å². The van der Waals surface area contributed by atoms with E-state index in [9.17, 15) is 0 Å². The predicted octanol–water partition coefficient (Wildman–Crippen LogP) is 2.83. The van der Waals surface area contributed by atoms with Gasteiger partial charge in [-0.1, -0.05) is 13.8 Å². The highest BCUT2D eigenvalue weighted by molar-refractivity contribution is 9.10. The van der Waals surface area contributed by atoms with Crippen LogP contribution in [-0.2, 0) is 6.42 Å². The third kappa shape index (κ3) is 3.77. The molecule has 102 valence electrons. The fraction of sp³-hybridized carbons (Fsp3) is 0.643. The van der Waals surface area contributed by atoms with E-state index in [1.807, 2.05) is 18.3 Å². The number of nitrogens with two attached hydrogens (primary N) is 1. The van der Waals surface area contributed by atoms with Crippen LogP contribution in [0.5, 0.6) is 0 Å². The van der Waals surface area contributed by atoms with Crippen LogP contribution in [0.2, 0.25) is 0 Å². The van der Waals surface area contributed by atoms with E-state index in [4.69, 9.17) is 5.73 Å². The van der Waals surface area contributed by atoms with E-state index in [2.05, 4.69) is 53.5 Å². The minimum absolute atomic E-state index is 0.0156. The topological polar surface area (TPSA) is 42.1 Å². The molecule has 0 aliphatic rings. The van der Waals surface area contributed by atoms with Crippen molar-refractivity contribution in [3.05, 3.63) is 28.5 Å². The van der Waals surface area contributed by atoms with E-state index in [0.717, 1.165) is 29.7 Å². The Morgan fingerprint density at radius 2 is 1.94 bits per heavy atom. The van der Waals surface area contributed by atoms with Crippen LogP contribution in [0.25, 0.3) is 0 Å². The molecule has 0 radical (unpaired) electrons. The van der Waals surface area contributed by atoms with Crippen molar-refractivity contribution >= 4 is 15.9 Å². The molecule has 1 unspecified atom stereocenters. The lowest BCUT2D eigenvalue weighted by molar-refractivity contribution is 0.106. The van der Waals surface area contributed by atoms with Gasteiger partial charge in [0.1, 0.15) is 0 Å². The second-order valence-electron chi connectivity index (χ2n) is 5.10. The van der Waals surface area contributed by atoms with Crippen LogP contribution >= 0.6 is 15.9 Å². The fourth-order valence-electron chi connectivity index (χ4n) is 2.28. The molecule has 18 heavy (non-hydrogen) atoms. The zero-order chi connectivity index (χ0) is 13.8. The number of aromatic nitrogens is 1. The van der Waals surface area contributed by atoms with Crippen molar-refractivity contribution in [1.29, 1.82) is 0 Å². The fourth-order valence-corrected chi connectivity index (χ4v) is 2.51. The van der Waals surface area contributed by atoms with Gasteiger partial charge in [0.2, 0.25) is 0 Å². The lowest BCUT2D eigenvalue weighted by Gasteiger charge is -2.41. The van der Waals surface area contributed by atoms with Gasteiger partial charge in [-0.15, -0.1) is 0 Å². The Bertz CT molecular complexity index is 358. The summed E-state index contributed by atoms with van der Waals surface area (Å²) in [7, 11) is 0. The van der Waals surface area contributed by atoms with Crippen LogP contribution in [0.3, 0.4) is 0 Å². The molecule has 3 nitrogen and oxygen atoms in total. The summed E-state index contributed by atoms with van der Waals surface area (Å²) in [6.07, 6.45) is 2.63. The van der Waals surface area contributed by atoms with E-state index < -0.39 is 0 Å². The molecular weight excluding hydrogens is 290 g/mol. The van der Waals surface area contributed by atoms with E-state index in [0.29, 0.717) is 0 Å². The van der Waals surface area contributed by atoms with Gasteiger partial charge in [-0.2, -0.15) is 0 Å². The third-order valence-electron chi connectivity index (χ3n) is 3.70. The number of rotatable bonds is 6. The summed E-state index contributed by atoms with van der Waals surface area (Å²) in [6, 6.07) is 4.12. The van der Waals surface area contributed by atoms with Crippen molar-refractivity contribution in [2.45, 2.75) is 45.7 Å². The first kappa shape index (κ1) is 15.6. The van der Waals surface area contributed by atoms with Crippen LogP contribution in [0.4, 0.5) is 0 Å². The molecule has 1 atom stereocenters. The minimum Gasteiger partial charge on any atom is -0.326 e. The molecule has 1 aromatic rings. The molecule has 0 fully saturated rings. The van der Waals surface area contributed by atoms with Gasteiger partial charge in [-0.25, -0.2) is 0 Å². The lowest BCUT2D eigenvalue weighted by Crippen LogP contribution is -2.56. The second-order valence-corrected chi connectivity index (χ2v) is 6.02. The zero-order valence-electron chi connectivity index (χ0n) is 11.8. The Hall–Kier alpha value is -0.450. The Morgan fingerprint density at radius 3 is 2.39 bits per heavy atom. The molecule has 0 spiro atoms. The van der Waals surface area contributed by atoms with E-state index in [1.54, 1.807) is 0 Å². The van der Waals surface area contributed by atoms with Crippen molar-refractivity contribution in [3.8, 4) is 0 Å². The Labute approximate surface area is 119 Å². The summed E-state index contributed by atoms with van der Waals surface area (Å²) < 4.78 is 1.00. The molecule has 0 aliphatic heterocycles. The van der Waals surface area contributed by atoms with Gasteiger partial charge in [0.05, 0.1) is 0 Å². The SMILES string of the molecule is CCN(CC)C(C)(C)C(N)Cc1ccc(Br)cn1. The van der Waals surface area contributed by atoms with Gasteiger partial charge < -0.3 is 5.73 Å². The first-order valence-electron chi connectivity index (χ1n) is 6.52. The molecule has 1 rings (SSSR count). The van der Waals surface area contributed by atoms with Gasteiger partial charge in [-0.05, 0) is 55.0 Å². The number of pyridine rings is 1. The maximum absolute atomic E-state index is 6.38. The Morgan fingerprint density at radius 1 is 1.33 bits per heavy atom. The first-order valence-corrected chi connectivity index (χ1v) is 7.32. The molecule has 0 aromatic carbocycles. The molecular formula is C14H24BrN3. The van der Waals surface area contributed by atoms with E-state index in [1.165, 1.54) is 0 Å². The minimum atomic E-state index is -0.0156. The largest absolute Gasteiger partial charge is 0.326 e. The molecule has 0 saturated carbocycles. The van der Waals surface area contributed by atoms with Crippen molar-refractivity contribution < 1.29 is 0 Å². The smallest absolute Gasteiger partial charge is 0.0420 e. The monoisotopic (exact) mass is 313 g/mol. The molecule has 1 heterocycles. The van der Waals surface area contributed by atoms with Crippen LogP contribution in [-0.4, -0.2) is 34.6 Å². The summed E-state index contributed by atoms with van der Waals surface area (Å²) in [5.74, 6) is 0. The molecule has 0 amide bonds.